The summed E-state index contributed by atoms with van der Waals surface area (Å²) >= 11 is 4.82. The normalized spacial score (nSPS) is 10.9. The Kier molecular flexibility index (Phi) is 6.19. The number of halogens is 1. The Morgan fingerprint density at radius 2 is 1.76 bits per heavy atom. The van der Waals surface area contributed by atoms with Crippen LogP contribution in [0, 0.1) is 0 Å². The van der Waals surface area contributed by atoms with Crippen LogP contribution >= 0.6 is 27.7 Å². The van der Waals surface area contributed by atoms with Crippen molar-refractivity contribution in [2.45, 2.75) is 5.16 Å². The number of hydrogen-bond acceptors (Lipinski definition) is 5. The largest absolute Gasteiger partial charge is 0.325 e. The predicted octanol–water partition coefficient (Wildman–Crippen LogP) is 5.98. The zero-order valence-electron chi connectivity index (χ0n) is 17.4. The molecule has 3 aromatic carbocycles. The van der Waals surface area contributed by atoms with Crippen LogP contribution in [-0.2, 0) is 4.79 Å². The fraction of sp³-hybridized carbons (Fsp3) is 0.0400. The molecule has 1 N–H and O–H groups in total. The van der Waals surface area contributed by atoms with Crippen LogP contribution in [0.2, 0.25) is 0 Å². The van der Waals surface area contributed by atoms with Gasteiger partial charge in [0.15, 0.2) is 11.0 Å². The molecule has 0 spiro atoms. The number of nitrogens with one attached hydrogen (secondary N) is 1. The second-order valence-corrected chi connectivity index (χ2v) is 9.08. The molecule has 0 fully saturated rings. The molecule has 5 aromatic rings. The number of amides is 1. The van der Waals surface area contributed by atoms with Gasteiger partial charge in [0.2, 0.25) is 5.91 Å². The highest BCUT2D eigenvalue weighted by molar-refractivity contribution is 9.10. The highest BCUT2D eigenvalue weighted by Crippen LogP contribution is 2.29. The third kappa shape index (κ3) is 4.67. The Bertz CT molecular complexity index is 1410. The van der Waals surface area contributed by atoms with Gasteiger partial charge < -0.3 is 5.32 Å². The van der Waals surface area contributed by atoms with Crippen molar-refractivity contribution >= 4 is 50.1 Å². The Labute approximate surface area is 203 Å². The summed E-state index contributed by atoms with van der Waals surface area (Å²) in [4.78, 5) is 17.0. The number of rotatable bonds is 6. The van der Waals surface area contributed by atoms with E-state index in [-0.39, 0.29) is 11.7 Å². The summed E-state index contributed by atoms with van der Waals surface area (Å²) in [5.74, 6) is 0.761. The molecule has 0 bridgehead atoms. The number of carbonyl (C=O) groups is 1. The van der Waals surface area contributed by atoms with Crippen LogP contribution in [0.1, 0.15) is 0 Å². The van der Waals surface area contributed by atoms with Gasteiger partial charge in [-0.25, -0.2) is 0 Å². The van der Waals surface area contributed by atoms with Gasteiger partial charge in [0, 0.05) is 39.2 Å². The van der Waals surface area contributed by atoms with E-state index >= 15 is 0 Å². The minimum absolute atomic E-state index is 0.107. The molecule has 33 heavy (non-hydrogen) atoms. The number of aromatic nitrogens is 4. The second-order valence-electron chi connectivity index (χ2n) is 7.22. The number of hydrogen-bond donors (Lipinski definition) is 1. The summed E-state index contributed by atoms with van der Waals surface area (Å²) in [5.41, 5.74) is 2.54. The van der Waals surface area contributed by atoms with E-state index in [1.165, 1.54) is 11.8 Å². The third-order valence-corrected chi connectivity index (χ3v) is 6.49. The number of benzene rings is 3. The van der Waals surface area contributed by atoms with E-state index in [2.05, 4.69) is 36.4 Å². The van der Waals surface area contributed by atoms with Gasteiger partial charge in [-0.1, -0.05) is 64.1 Å². The van der Waals surface area contributed by atoms with Crippen molar-refractivity contribution in [3.63, 3.8) is 0 Å². The van der Waals surface area contributed by atoms with Crippen molar-refractivity contribution in [2.75, 3.05) is 11.1 Å². The van der Waals surface area contributed by atoms with E-state index in [0.717, 1.165) is 32.2 Å². The van der Waals surface area contributed by atoms with Crippen molar-refractivity contribution in [1.82, 2.24) is 19.7 Å². The molecule has 0 atom stereocenters. The molecule has 0 aliphatic rings. The van der Waals surface area contributed by atoms with Gasteiger partial charge >= 0.3 is 0 Å². The second kappa shape index (κ2) is 9.56. The summed E-state index contributed by atoms with van der Waals surface area (Å²) in [7, 11) is 0. The zero-order chi connectivity index (χ0) is 22.6. The number of pyridine rings is 1. The minimum atomic E-state index is -0.107. The molecule has 0 aliphatic carbocycles. The number of nitrogens with zero attached hydrogens (tertiary/aromatic N) is 4. The first-order valence-corrected chi connectivity index (χ1v) is 12.0. The van der Waals surface area contributed by atoms with Gasteiger partial charge in [-0.05, 0) is 47.9 Å². The molecule has 0 unspecified atom stereocenters. The number of carbonyl (C=O) groups excluding carboxylic acids is 1. The SMILES string of the molecule is O=C(CSc1nnc(-c2cccnc2)n1-c1ccc(Br)cc1)Nc1cccc2ccccc12. The number of thioether (sulfide) groups is 1. The maximum Gasteiger partial charge on any atom is 0.234 e. The molecule has 6 nitrogen and oxygen atoms in total. The van der Waals surface area contributed by atoms with E-state index in [4.69, 9.17) is 0 Å². The van der Waals surface area contributed by atoms with Crippen LogP contribution in [0.4, 0.5) is 5.69 Å². The van der Waals surface area contributed by atoms with Crippen molar-refractivity contribution in [2.24, 2.45) is 0 Å². The first-order valence-electron chi connectivity index (χ1n) is 10.2. The average molecular weight is 516 g/mol. The summed E-state index contributed by atoms with van der Waals surface area (Å²) in [6.07, 6.45) is 3.47. The lowest BCUT2D eigenvalue weighted by molar-refractivity contribution is -0.113. The molecule has 162 valence electrons. The van der Waals surface area contributed by atoms with Gasteiger partial charge in [-0.15, -0.1) is 10.2 Å². The smallest absolute Gasteiger partial charge is 0.234 e. The fourth-order valence-corrected chi connectivity index (χ4v) is 4.54. The van der Waals surface area contributed by atoms with Crippen molar-refractivity contribution in [3.8, 4) is 17.1 Å². The molecule has 2 heterocycles. The lowest BCUT2D eigenvalue weighted by atomic mass is 10.1. The highest BCUT2D eigenvalue weighted by atomic mass is 79.9. The van der Waals surface area contributed by atoms with Crippen LogP contribution in [0.3, 0.4) is 0 Å². The minimum Gasteiger partial charge on any atom is -0.325 e. The van der Waals surface area contributed by atoms with Crippen LogP contribution in [0.25, 0.3) is 27.8 Å². The first-order chi connectivity index (χ1) is 16.2. The molecule has 0 aliphatic heterocycles. The fourth-order valence-electron chi connectivity index (χ4n) is 3.52. The third-order valence-electron chi connectivity index (χ3n) is 5.03. The van der Waals surface area contributed by atoms with E-state index < -0.39 is 0 Å². The average Bonchev–Trinajstić information content (AvgIpc) is 3.28. The molecule has 0 saturated heterocycles. The molecule has 0 radical (unpaired) electrons. The molecular weight excluding hydrogens is 498 g/mol. The van der Waals surface area contributed by atoms with Gasteiger partial charge in [-0.2, -0.15) is 0 Å². The van der Waals surface area contributed by atoms with Crippen LogP contribution in [0.15, 0.2) is 101 Å². The summed E-state index contributed by atoms with van der Waals surface area (Å²) in [6, 6.07) is 25.5. The molecule has 2 aromatic heterocycles. The zero-order valence-corrected chi connectivity index (χ0v) is 19.8. The first kappa shape index (κ1) is 21.4. The van der Waals surface area contributed by atoms with Crippen molar-refractivity contribution in [3.05, 3.63) is 95.7 Å². The van der Waals surface area contributed by atoms with E-state index in [1.54, 1.807) is 12.4 Å². The quantitative estimate of drug-likeness (QED) is 0.282. The monoisotopic (exact) mass is 515 g/mol. The van der Waals surface area contributed by atoms with Gasteiger partial charge in [0.1, 0.15) is 0 Å². The van der Waals surface area contributed by atoms with Gasteiger partial charge in [-0.3, -0.25) is 14.3 Å². The lowest BCUT2D eigenvalue weighted by Gasteiger charge is -2.11. The van der Waals surface area contributed by atoms with E-state index in [0.29, 0.717) is 11.0 Å². The number of anilines is 1. The van der Waals surface area contributed by atoms with E-state index in [9.17, 15) is 4.79 Å². The maximum atomic E-state index is 12.8. The standard InChI is InChI=1S/C25H18BrN5OS/c26-19-10-12-20(13-11-19)31-24(18-7-4-14-27-15-18)29-30-25(31)33-16-23(32)28-22-9-3-6-17-5-1-2-8-21(17)22/h1-15H,16H2,(H,28,32). The summed E-state index contributed by atoms with van der Waals surface area (Å²) in [6.45, 7) is 0. The Balaban J connectivity index is 1.41. The van der Waals surface area contributed by atoms with Crippen LogP contribution in [0.5, 0.6) is 0 Å². The molecule has 0 saturated carbocycles. The van der Waals surface area contributed by atoms with Gasteiger partial charge in [0.25, 0.3) is 0 Å². The molecule has 8 heteroatoms. The maximum absolute atomic E-state index is 12.8. The molecular formula is C25H18BrN5OS. The van der Waals surface area contributed by atoms with Crippen molar-refractivity contribution in [1.29, 1.82) is 0 Å². The highest BCUT2D eigenvalue weighted by Gasteiger charge is 2.18. The Morgan fingerprint density at radius 1 is 0.939 bits per heavy atom. The Hall–Kier alpha value is -3.49. The molecule has 5 rings (SSSR count). The summed E-state index contributed by atoms with van der Waals surface area (Å²) < 4.78 is 2.92. The number of fused-ring (bicyclic) bond motifs is 1. The van der Waals surface area contributed by atoms with E-state index in [1.807, 2.05) is 83.4 Å². The van der Waals surface area contributed by atoms with Gasteiger partial charge in [0.05, 0.1) is 5.75 Å². The van der Waals surface area contributed by atoms with Crippen LogP contribution in [-0.4, -0.2) is 31.4 Å². The lowest BCUT2D eigenvalue weighted by Crippen LogP contribution is -2.14. The summed E-state index contributed by atoms with van der Waals surface area (Å²) in [5, 5.41) is 14.5. The molecule has 1 amide bonds. The van der Waals surface area contributed by atoms with Crippen LogP contribution < -0.4 is 5.32 Å². The Morgan fingerprint density at radius 3 is 2.58 bits per heavy atom. The predicted molar refractivity (Wildman–Crippen MR) is 136 cm³/mol. The topological polar surface area (TPSA) is 72.7 Å². The van der Waals surface area contributed by atoms with Crippen molar-refractivity contribution < 1.29 is 4.79 Å².